The maximum absolute atomic E-state index is 13.3. The number of anilines is 1. The van der Waals surface area contributed by atoms with Gasteiger partial charge in [-0.15, -0.1) is 11.3 Å². The van der Waals surface area contributed by atoms with Gasteiger partial charge in [0.2, 0.25) is 11.8 Å². The number of carbonyl (C=O) groups is 2. The van der Waals surface area contributed by atoms with Gasteiger partial charge in [0.1, 0.15) is 11.2 Å². The third-order valence-corrected chi connectivity index (χ3v) is 7.54. The lowest BCUT2D eigenvalue weighted by Gasteiger charge is -2.13. The number of aryl methyl sites for hydroxylation is 2. The molecule has 0 bridgehead atoms. The number of thiophene rings is 1. The van der Waals surface area contributed by atoms with Gasteiger partial charge in [-0.3, -0.25) is 23.5 Å². The highest BCUT2D eigenvalue weighted by atomic mass is 32.1. The summed E-state index contributed by atoms with van der Waals surface area (Å²) in [6.07, 6.45) is 3.16. The zero-order valence-corrected chi connectivity index (χ0v) is 23.2. The normalized spacial score (nSPS) is 11.0. The number of fused-ring (bicyclic) bond motifs is 1. The molecular formula is C30H34N4O4S. The first-order valence-corrected chi connectivity index (χ1v) is 14.2. The summed E-state index contributed by atoms with van der Waals surface area (Å²) in [6, 6.07) is 17.3. The van der Waals surface area contributed by atoms with Gasteiger partial charge in [-0.05, 0) is 60.9 Å². The molecule has 0 spiro atoms. The van der Waals surface area contributed by atoms with Crippen LogP contribution in [0.3, 0.4) is 0 Å². The minimum atomic E-state index is -0.501. The Hall–Kier alpha value is -3.98. The number of unbranched alkanes of at least 4 members (excludes halogenated alkanes) is 2. The molecule has 0 aliphatic heterocycles. The average Bonchev–Trinajstić information content (AvgIpc) is 3.42. The van der Waals surface area contributed by atoms with E-state index in [0.29, 0.717) is 48.1 Å². The maximum atomic E-state index is 13.3. The van der Waals surface area contributed by atoms with Crippen LogP contribution >= 0.6 is 11.3 Å². The topological polar surface area (TPSA) is 102 Å². The van der Waals surface area contributed by atoms with Crippen molar-refractivity contribution in [1.29, 1.82) is 0 Å². The first-order valence-electron chi connectivity index (χ1n) is 13.3. The number of nitrogens with one attached hydrogen (secondary N) is 2. The van der Waals surface area contributed by atoms with Crippen molar-refractivity contribution in [1.82, 2.24) is 14.5 Å². The highest BCUT2D eigenvalue weighted by Crippen LogP contribution is 2.16. The molecule has 0 saturated heterocycles. The molecule has 4 aromatic rings. The molecule has 2 N–H and O–H groups in total. The predicted octanol–water partition coefficient (Wildman–Crippen LogP) is 4.61. The van der Waals surface area contributed by atoms with Gasteiger partial charge in [0.05, 0.1) is 5.52 Å². The van der Waals surface area contributed by atoms with Gasteiger partial charge in [0.25, 0.3) is 5.56 Å². The van der Waals surface area contributed by atoms with E-state index in [2.05, 4.69) is 10.6 Å². The fraction of sp³-hybridized carbons (Fsp3) is 0.333. The average molecular weight is 547 g/mol. The van der Waals surface area contributed by atoms with Crippen LogP contribution in [0, 0.1) is 6.92 Å². The van der Waals surface area contributed by atoms with Gasteiger partial charge in [-0.25, -0.2) is 4.79 Å². The molecule has 0 aliphatic carbocycles. The Kier molecular flexibility index (Phi) is 9.49. The van der Waals surface area contributed by atoms with Crippen LogP contribution in [0.2, 0.25) is 0 Å². The van der Waals surface area contributed by atoms with Crippen LogP contribution in [0.25, 0.3) is 10.2 Å². The molecule has 204 valence electrons. The minimum absolute atomic E-state index is 0.0226. The maximum Gasteiger partial charge on any atom is 0.332 e. The van der Waals surface area contributed by atoms with Crippen molar-refractivity contribution in [2.45, 2.75) is 65.6 Å². The van der Waals surface area contributed by atoms with E-state index in [4.69, 9.17) is 0 Å². The Morgan fingerprint density at radius 3 is 2.46 bits per heavy atom. The Balaban J connectivity index is 1.34. The Morgan fingerprint density at radius 2 is 1.69 bits per heavy atom. The molecule has 4 rings (SSSR count). The molecule has 2 aromatic carbocycles. The van der Waals surface area contributed by atoms with Crippen LogP contribution in [0.5, 0.6) is 0 Å². The lowest BCUT2D eigenvalue weighted by molar-refractivity contribution is -0.121. The molecule has 2 heterocycles. The third-order valence-electron chi connectivity index (χ3n) is 6.65. The van der Waals surface area contributed by atoms with Crippen molar-refractivity contribution in [3.8, 4) is 0 Å². The smallest absolute Gasteiger partial charge is 0.332 e. The van der Waals surface area contributed by atoms with E-state index in [1.54, 1.807) is 11.4 Å². The highest BCUT2D eigenvalue weighted by Gasteiger charge is 2.16. The van der Waals surface area contributed by atoms with Gasteiger partial charge in [0.15, 0.2) is 0 Å². The van der Waals surface area contributed by atoms with E-state index < -0.39 is 5.69 Å². The first kappa shape index (κ1) is 28.0. The van der Waals surface area contributed by atoms with Crippen molar-refractivity contribution < 1.29 is 9.59 Å². The van der Waals surface area contributed by atoms with E-state index in [9.17, 15) is 19.2 Å². The SMILES string of the molecule is CCc1cccc(NC(=O)Cn2c(=O)n(CCCCCC(=O)NCc3ccc(C)cc3)c(=O)c3sccc32)c1. The van der Waals surface area contributed by atoms with Crippen molar-refractivity contribution in [3.63, 3.8) is 0 Å². The van der Waals surface area contributed by atoms with Crippen LogP contribution in [0.1, 0.15) is 49.3 Å². The molecule has 39 heavy (non-hydrogen) atoms. The Labute approximate surface area is 231 Å². The molecule has 0 saturated carbocycles. The fourth-order valence-electron chi connectivity index (χ4n) is 4.42. The number of hydrogen-bond donors (Lipinski definition) is 2. The number of carbonyl (C=O) groups excluding carboxylic acids is 2. The van der Waals surface area contributed by atoms with E-state index >= 15 is 0 Å². The van der Waals surface area contributed by atoms with Gasteiger partial charge in [-0.2, -0.15) is 0 Å². The number of aromatic nitrogens is 2. The van der Waals surface area contributed by atoms with E-state index in [-0.39, 0.29) is 30.5 Å². The van der Waals surface area contributed by atoms with Gasteiger partial charge in [0, 0.05) is 25.2 Å². The molecule has 9 heteroatoms. The van der Waals surface area contributed by atoms with Crippen molar-refractivity contribution in [2.24, 2.45) is 0 Å². The zero-order chi connectivity index (χ0) is 27.8. The second kappa shape index (κ2) is 13.2. The van der Waals surface area contributed by atoms with Crippen LogP contribution < -0.4 is 21.9 Å². The van der Waals surface area contributed by atoms with Crippen molar-refractivity contribution >= 4 is 39.1 Å². The summed E-state index contributed by atoms with van der Waals surface area (Å²) in [5.74, 6) is -0.356. The monoisotopic (exact) mass is 546 g/mol. The molecule has 0 atom stereocenters. The summed E-state index contributed by atoms with van der Waals surface area (Å²) in [4.78, 5) is 51.3. The van der Waals surface area contributed by atoms with E-state index in [0.717, 1.165) is 17.5 Å². The quantitative estimate of drug-likeness (QED) is 0.253. The minimum Gasteiger partial charge on any atom is -0.352 e. The third kappa shape index (κ3) is 7.32. The zero-order valence-electron chi connectivity index (χ0n) is 22.4. The van der Waals surface area contributed by atoms with Gasteiger partial charge in [-0.1, -0.05) is 55.3 Å². The molecule has 2 amide bonds. The number of benzene rings is 2. The standard InChI is InChI=1S/C30H34N4O4S/c1-3-22-8-7-9-24(18-22)32-27(36)20-34-25-15-17-39-28(25)29(37)33(30(34)38)16-6-4-5-10-26(35)31-19-23-13-11-21(2)12-14-23/h7-9,11-15,17-18H,3-6,10,16,19-20H2,1-2H3,(H,31,35)(H,32,36). The lowest BCUT2D eigenvalue weighted by atomic mass is 10.1. The molecule has 2 aromatic heterocycles. The molecule has 0 aliphatic rings. The second-order valence-corrected chi connectivity index (χ2v) is 10.6. The van der Waals surface area contributed by atoms with Gasteiger partial charge < -0.3 is 10.6 Å². The number of amides is 2. The van der Waals surface area contributed by atoms with E-state index in [1.807, 2.05) is 62.4 Å². The van der Waals surface area contributed by atoms with E-state index in [1.165, 1.54) is 26.0 Å². The highest BCUT2D eigenvalue weighted by molar-refractivity contribution is 7.17. The van der Waals surface area contributed by atoms with Crippen LogP contribution in [0.4, 0.5) is 5.69 Å². The van der Waals surface area contributed by atoms with Crippen molar-refractivity contribution in [2.75, 3.05) is 5.32 Å². The Morgan fingerprint density at radius 1 is 0.897 bits per heavy atom. The molecular weight excluding hydrogens is 512 g/mol. The molecule has 0 radical (unpaired) electrons. The molecule has 0 fully saturated rings. The largest absolute Gasteiger partial charge is 0.352 e. The lowest BCUT2D eigenvalue weighted by Crippen LogP contribution is -2.41. The predicted molar refractivity (Wildman–Crippen MR) is 156 cm³/mol. The Bertz CT molecular complexity index is 1570. The summed E-state index contributed by atoms with van der Waals surface area (Å²) in [5.41, 5.74) is 3.63. The summed E-state index contributed by atoms with van der Waals surface area (Å²) in [7, 11) is 0. The van der Waals surface area contributed by atoms with Crippen LogP contribution in [-0.4, -0.2) is 20.9 Å². The molecule has 0 unspecified atom stereocenters. The summed E-state index contributed by atoms with van der Waals surface area (Å²) < 4.78 is 3.03. The summed E-state index contributed by atoms with van der Waals surface area (Å²) >= 11 is 1.26. The molecule has 8 nitrogen and oxygen atoms in total. The van der Waals surface area contributed by atoms with Crippen LogP contribution in [0.15, 0.2) is 69.6 Å². The fourth-order valence-corrected chi connectivity index (χ4v) is 5.27. The number of hydrogen-bond acceptors (Lipinski definition) is 5. The number of nitrogens with zero attached hydrogens (tertiary/aromatic N) is 2. The van der Waals surface area contributed by atoms with Gasteiger partial charge >= 0.3 is 5.69 Å². The number of rotatable bonds is 12. The second-order valence-electron chi connectivity index (χ2n) is 9.64. The van der Waals surface area contributed by atoms with Crippen LogP contribution in [-0.2, 0) is 35.6 Å². The van der Waals surface area contributed by atoms with Crippen molar-refractivity contribution in [3.05, 3.63) is 97.5 Å². The summed E-state index contributed by atoms with van der Waals surface area (Å²) in [6.45, 7) is 4.60. The summed E-state index contributed by atoms with van der Waals surface area (Å²) in [5, 5.41) is 7.54. The first-order chi connectivity index (χ1) is 18.9.